The molecule has 0 aliphatic rings. The molecular weight excluding hydrogens is 390 g/mol. The van der Waals surface area contributed by atoms with Gasteiger partial charge in [-0.1, -0.05) is 20.8 Å². The van der Waals surface area contributed by atoms with Crippen LogP contribution in [0.25, 0.3) is 0 Å². The fourth-order valence-electron chi connectivity index (χ4n) is 3.26. The van der Waals surface area contributed by atoms with Gasteiger partial charge in [-0.15, -0.1) is 0 Å². The van der Waals surface area contributed by atoms with Crippen LogP contribution in [0.5, 0.6) is 11.5 Å². The van der Waals surface area contributed by atoms with E-state index in [1.165, 1.54) is 0 Å². The fraction of sp³-hybridized carbons (Fsp3) is 0.600. The maximum Gasteiger partial charge on any atom is 0.225 e. The molecule has 0 aliphatic carbocycles. The normalized spacial score (nSPS) is 11.3. The largest absolute Gasteiger partial charge is 0.494 e. The lowest BCUT2D eigenvalue weighted by Gasteiger charge is -2.23. The first-order chi connectivity index (χ1) is 15.0. The smallest absolute Gasteiger partial charge is 0.225 e. The highest BCUT2D eigenvalue weighted by Crippen LogP contribution is 2.24. The number of hydrogen-bond acceptors (Lipinski definition) is 4. The van der Waals surface area contributed by atoms with Gasteiger partial charge in [0, 0.05) is 30.9 Å². The summed E-state index contributed by atoms with van der Waals surface area (Å²) in [6.07, 6.45) is 12.7. The van der Waals surface area contributed by atoms with Crippen LogP contribution in [0.1, 0.15) is 65.7 Å². The first-order valence-corrected chi connectivity index (χ1v) is 11.6. The van der Waals surface area contributed by atoms with Crippen molar-refractivity contribution in [3.05, 3.63) is 43.0 Å². The highest BCUT2D eigenvalue weighted by Gasteiger charge is 2.26. The van der Waals surface area contributed by atoms with Gasteiger partial charge in [0.25, 0.3) is 0 Å². The first kappa shape index (κ1) is 24.8. The molecule has 1 N–H and O–H groups in total. The van der Waals surface area contributed by atoms with E-state index in [2.05, 4.69) is 21.8 Å². The van der Waals surface area contributed by atoms with Crippen molar-refractivity contribution in [2.45, 2.75) is 72.3 Å². The summed E-state index contributed by atoms with van der Waals surface area (Å²) in [4.78, 5) is 16.2. The van der Waals surface area contributed by atoms with Crippen LogP contribution in [-0.4, -0.2) is 35.2 Å². The van der Waals surface area contributed by atoms with Gasteiger partial charge in [0.2, 0.25) is 5.91 Å². The molecular formula is C25H39N3O3. The number of ether oxygens (including phenoxy) is 2. The number of unbranched alkanes of at least 4 members (excludes halogenated alkanes) is 3. The summed E-state index contributed by atoms with van der Waals surface area (Å²) >= 11 is 0. The van der Waals surface area contributed by atoms with Crippen molar-refractivity contribution in [3.63, 3.8) is 0 Å². The number of carbonyl (C=O) groups excluding carboxylic acids is 1. The first-order valence-electron chi connectivity index (χ1n) is 11.6. The van der Waals surface area contributed by atoms with Gasteiger partial charge < -0.3 is 19.4 Å². The third-order valence-corrected chi connectivity index (χ3v) is 5.33. The Bertz CT molecular complexity index is 727. The van der Waals surface area contributed by atoms with Crippen LogP contribution in [0, 0.1) is 5.41 Å². The molecule has 0 aliphatic heterocycles. The van der Waals surface area contributed by atoms with Gasteiger partial charge in [0.15, 0.2) is 0 Å². The van der Waals surface area contributed by atoms with E-state index in [1.54, 1.807) is 0 Å². The predicted molar refractivity (Wildman–Crippen MR) is 124 cm³/mol. The van der Waals surface area contributed by atoms with Crippen molar-refractivity contribution >= 4 is 5.91 Å². The molecule has 1 aromatic carbocycles. The Kier molecular flexibility index (Phi) is 11.0. The monoisotopic (exact) mass is 429 g/mol. The van der Waals surface area contributed by atoms with Gasteiger partial charge in [-0.2, -0.15) is 0 Å². The molecule has 0 saturated heterocycles. The Morgan fingerprint density at radius 2 is 1.65 bits per heavy atom. The molecule has 2 rings (SSSR count). The second-order valence-corrected chi connectivity index (χ2v) is 8.63. The van der Waals surface area contributed by atoms with E-state index in [4.69, 9.17) is 9.47 Å². The van der Waals surface area contributed by atoms with Crippen molar-refractivity contribution in [2.24, 2.45) is 5.41 Å². The summed E-state index contributed by atoms with van der Waals surface area (Å²) < 4.78 is 13.7. The lowest BCUT2D eigenvalue weighted by Crippen LogP contribution is -2.37. The number of rotatable bonds is 16. The number of aryl methyl sites for hydroxylation is 1. The minimum atomic E-state index is -0.326. The molecule has 1 heterocycles. The zero-order chi connectivity index (χ0) is 22.4. The number of carbonyl (C=O) groups is 1. The van der Waals surface area contributed by atoms with Crippen LogP contribution in [0.3, 0.4) is 0 Å². The molecule has 0 unspecified atom stereocenters. The Hall–Kier alpha value is -2.50. The second kappa shape index (κ2) is 13.7. The molecule has 2 aromatic rings. The van der Waals surface area contributed by atoms with Crippen LogP contribution in [-0.2, 0) is 11.3 Å². The maximum absolute atomic E-state index is 12.2. The van der Waals surface area contributed by atoms with Crippen LogP contribution in [0.2, 0.25) is 0 Å². The number of amides is 1. The molecule has 172 valence electrons. The molecule has 6 nitrogen and oxygen atoms in total. The third-order valence-electron chi connectivity index (χ3n) is 5.33. The Morgan fingerprint density at radius 3 is 2.23 bits per heavy atom. The summed E-state index contributed by atoms with van der Waals surface area (Å²) in [6.45, 7) is 9.23. The van der Waals surface area contributed by atoms with E-state index in [9.17, 15) is 4.79 Å². The van der Waals surface area contributed by atoms with Gasteiger partial charge in [-0.25, -0.2) is 4.98 Å². The highest BCUT2D eigenvalue weighted by atomic mass is 16.5. The summed E-state index contributed by atoms with van der Waals surface area (Å²) in [5.41, 5.74) is -0.326. The zero-order valence-corrected chi connectivity index (χ0v) is 19.4. The summed E-state index contributed by atoms with van der Waals surface area (Å²) in [5, 5.41) is 2.99. The Balaban J connectivity index is 1.53. The Morgan fingerprint density at radius 1 is 1.00 bits per heavy atom. The predicted octanol–water partition coefficient (Wildman–Crippen LogP) is 5.23. The molecule has 0 bridgehead atoms. The molecule has 6 heteroatoms. The summed E-state index contributed by atoms with van der Waals surface area (Å²) in [5.74, 6) is 1.87. The van der Waals surface area contributed by atoms with E-state index in [-0.39, 0.29) is 11.3 Å². The molecule has 0 atom stereocenters. The topological polar surface area (TPSA) is 65.4 Å². The van der Waals surface area contributed by atoms with Crippen molar-refractivity contribution < 1.29 is 14.3 Å². The zero-order valence-electron chi connectivity index (χ0n) is 19.4. The quantitative estimate of drug-likeness (QED) is 0.371. The van der Waals surface area contributed by atoms with E-state index < -0.39 is 0 Å². The lowest BCUT2D eigenvalue weighted by atomic mass is 9.86. The number of nitrogens with one attached hydrogen (secondary N) is 1. The van der Waals surface area contributed by atoms with Gasteiger partial charge in [0.05, 0.1) is 19.5 Å². The average Bonchev–Trinajstić information content (AvgIpc) is 3.28. The highest BCUT2D eigenvalue weighted by molar-refractivity contribution is 5.81. The number of aromatic nitrogens is 2. The minimum Gasteiger partial charge on any atom is -0.494 e. The molecule has 1 amide bonds. The number of hydrogen-bond donors (Lipinski definition) is 1. The number of nitrogens with zero attached hydrogens (tertiary/aromatic N) is 2. The Labute approximate surface area is 187 Å². The van der Waals surface area contributed by atoms with Gasteiger partial charge >= 0.3 is 0 Å². The molecule has 31 heavy (non-hydrogen) atoms. The molecule has 0 radical (unpaired) electrons. The second-order valence-electron chi connectivity index (χ2n) is 8.63. The van der Waals surface area contributed by atoms with Crippen molar-refractivity contribution in [3.8, 4) is 11.5 Å². The SMILES string of the molecule is CCCNC(=O)C(C)(C)CCCCOc1ccc(OCCCCCn2ccnc2)cc1. The van der Waals surface area contributed by atoms with E-state index >= 15 is 0 Å². The van der Waals surface area contributed by atoms with Crippen molar-refractivity contribution in [2.75, 3.05) is 19.8 Å². The summed E-state index contributed by atoms with van der Waals surface area (Å²) in [7, 11) is 0. The van der Waals surface area contributed by atoms with Gasteiger partial charge in [-0.05, 0) is 69.2 Å². The minimum absolute atomic E-state index is 0.143. The van der Waals surface area contributed by atoms with Gasteiger partial charge in [0.1, 0.15) is 11.5 Å². The number of imidazole rings is 1. The molecule has 0 saturated carbocycles. The summed E-state index contributed by atoms with van der Waals surface area (Å²) in [6, 6.07) is 7.83. The fourth-order valence-corrected chi connectivity index (χ4v) is 3.26. The van der Waals surface area contributed by atoms with Crippen LogP contribution in [0.15, 0.2) is 43.0 Å². The van der Waals surface area contributed by atoms with Crippen molar-refractivity contribution in [1.29, 1.82) is 0 Å². The average molecular weight is 430 g/mol. The molecule has 0 fully saturated rings. The molecule has 0 spiro atoms. The lowest BCUT2D eigenvalue weighted by molar-refractivity contribution is -0.129. The standard InChI is InChI=1S/C25H39N3O3/c1-4-15-27-24(29)25(2,3)14-6-9-20-31-23-12-10-22(11-13-23)30-19-8-5-7-17-28-18-16-26-21-28/h10-13,16,18,21H,4-9,14-15,17,19-20H2,1-3H3,(H,27,29). The van der Waals surface area contributed by atoms with E-state index in [0.717, 1.165) is 76.1 Å². The third kappa shape index (κ3) is 9.90. The molecule has 1 aromatic heterocycles. The maximum atomic E-state index is 12.2. The van der Waals surface area contributed by atoms with Crippen LogP contribution in [0.4, 0.5) is 0 Å². The van der Waals surface area contributed by atoms with Crippen LogP contribution < -0.4 is 14.8 Å². The van der Waals surface area contributed by atoms with Gasteiger partial charge in [-0.3, -0.25) is 4.79 Å². The van der Waals surface area contributed by atoms with E-state index in [1.807, 2.05) is 56.8 Å². The number of benzene rings is 1. The van der Waals surface area contributed by atoms with Crippen molar-refractivity contribution in [1.82, 2.24) is 14.9 Å². The van der Waals surface area contributed by atoms with Crippen LogP contribution >= 0.6 is 0 Å². The van der Waals surface area contributed by atoms with E-state index in [0.29, 0.717) is 6.61 Å².